The quantitative estimate of drug-likeness (QED) is 0.756. The molecule has 1 N–H and O–H groups in total. The molecule has 158 valence electrons. The smallest absolute Gasteiger partial charge is 0.250 e. The number of hydrogen-bond acceptors (Lipinski definition) is 6. The summed E-state index contributed by atoms with van der Waals surface area (Å²) in [6.45, 7) is 7.25. The van der Waals surface area contributed by atoms with Crippen molar-refractivity contribution in [3.8, 4) is 0 Å². The van der Waals surface area contributed by atoms with E-state index in [-0.39, 0.29) is 6.04 Å². The van der Waals surface area contributed by atoms with E-state index in [1.807, 2.05) is 13.0 Å². The number of benzene rings is 1. The Morgan fingerprint density at radius 2 is 1.83 bits per heavy atom. The molecule has 1 unspecified atom stereocenters. The van der Waals surface area contributed by atoms with Crippen molar-refractivity contribution in [1.29, 1.82) is 0 Å². The SMILES string of the molecule is Cc1ccc(S(=O)(=O)NCC(c2ccc3c(c2)CCN3C)N2CCN(C)CC2)s1. The van der Waals surface area contributed by atoms with Gasteiger partial charge in [-0.2, -0.15) is 0 Å². The molecule has 1 fully saturated rings. The van der Waals surface area contributed by atoms with Gasteiger partial charge >= 0.3 is 0 Å². The van der Waals surface area contributed by atoms with Crippen molar-refractivity contribution in [2.45, 2.75) is 23.6 Å². The van der Waals surface area contributed by atoms with Crippen LogP contribution < -0.4 is 9.62 Å². The molecule has 0 amide bonds. The van der Waals surface area contributed by atoms with E-state index in [0.29, 0.717) is 10.8 Å². The van der Waals surface area contributed by atoms with Crippen LogP contribution in [0, 0.1) is 6.92 Å². The summed E-state index contributed by atoms with van der Waals surface area (Å²) in [4.78, 5) is 8.03. The molecule has 8 heteroatoms. The summed E-state index contributed by atoms with van der Waals surface area (Å²) in [5.41, 5.74) is 3.86. The average Bonchev–Trinajstić information content (AvgIpc) is 3.30. The number of sulfonamides is 1. The number of thiophene rings is 1. The van der Waals surface area contributed by atoms with Gasteiger partial charge in [0.05, 0.1) is 0 Å². The summed E-state index contributed by atoms with van der Waals surface area (Å²) >= 11 is 1.32. The maximum Gasteiger partial charge on any atom is 0.250 e. The minimum absolute atomic E-state index is 0.0377. The van der Waals surface area contributed by atoms with E-state index in [1.54, 1.807) is 6.07 Å². The minimum Gasteiger partial charge on any atom is -0.374 e. The van der Waals surface area contributed by atoms with Crippen molar-refractivity contribution in [2.75, 3.05) is 58.3 Å². The number of fused-ring (bicyclic) bond motifs is 1. The summed E-state index contributed by atoms with van der Waals surface area (Å²) in [5.74, 6) is 0. The topological polar surface area (TPSA) is 55.9 Å². The molecule has 3 heterocycles. The Labute approximate surface area is 178 Å². The third kappa shape index (κ3) is 4.51. The second-order valence-corrected chi connectivity index (χ2v) is 11.4. The largest absolute Gasteiger partial charge is 0.374 e. The van der Waals surface area contributed by atoms with Crippen molar-refractivity contribution in [3.63, 3.8) is 0 Å². The zero-order chi connectivity index (χ0) is 20.6. The number of hydrogen-bond donors (Lipinski definition) is 1. The zero-order valence-electron chi connectivity index (χ0n) is 17.4. The Kier molecular flexibility index (Phi) is 5.99. The molecular weight excluding hydrogens is 404 g/mol. The predicted molar refractivity (Wildman–Crippen MR) is 119 cm³/mol. The van der Waals surface area contributed by atoms with Crippen molar-refractivity contribution in [3.05, 3.63) is 46.3 Å². The van der Waals surface area contributed by atoms with Crippen molar-refractivity contribution in [1.82, 2.24) is 14.5 Å². The van der Waals surface area contributed by atoms with E-state index in [0.717, 1.165) is 44.0 Å². The van der Waals surface area contributed by atoms with E-state index in [2.05, 4.69) is 51.7 Å². The monoisotopic (exact) mass is 434 g/mol. The molecule has 2 aliphatic rings. The van der Waals surface area contributed by atoms with Gasteiger partial charge < -0.3 is 9.80 Å². The molecule has 1 aromatic carbocycles. The van der Waals surface area contributed by atoms with E-state index < -0.39 is 10.0 Å². The molecule has 1 saturated heterocycles. The number of piperazine rings is 1. The Balaban J connectivity index is 1.57. The van der Waals surface area contributed by atoms with E-state index in [4.69, 9.17) is 0 Å². The van der Waals surface area contributed by atoms with Gasteiger partial charge in [-0.05, 0) is 49.7 Å². The number of nitrogens with zero attached hydrogens (tertiary/aromatic N) is 3. The number of nitrogens with one attached hydrogen (secondary N) is 1. The number of likely N-dealkylation sites (N-methyl/N-ethyl adjacent to an activating group) is 2. The summed E-state index contributed by atoms with van der Waals surface area (Å²) in [6, 6.07) is 10.2. The van der Waals surface area contributed by atoms with Gasteiger partial charge in [0.2, 0.25) is 10.0 Å². The van der Waals surface area contributed by atoms with Crippen molar-refractivity contribution in [2.24, 2.45) is 0 Å². The highest BCUT2D eigenvalue weighted by Gasteiger charge is 2.28. The lowest BCUT2D eigenvalue weighted by atomic mass is 10.0. The van der Waals surface area contributed by atoms with Crippen LogP contribution in [0.15, 0.2) is 34.5 Å². The van der Waals surface area contributed by atoms with Gasteiger partial charge in [0.15, 0.2) is 0 Å². The molecule has 0 aliphatic carbocycles. The zero-order valence-corrected chi connectivity index (χ0v) is 19.0. The van der Waals surface area contributed by atoms with Crippen LogP contribution in [0.1, 0.15) is 22.0 Å². The van der Waals surface area contributed by atoms with Crippen LogP contribution in [0.5, 0.6) is 0 Å². The molecule has 29 heavy (non-hydrogen) atoms. The fourth-order valence-corrected chi connectivity index (χ4v) is 6.57. The lowest BCUT2D eigenvalue weighted by molar-refractivity contribution is 0.113. The normalized spacial score (nSPS) is 19.5. The van der Waals surface area contributed by atoms with Crippen LogP contribution in [0.2, 0.25) is 0 Å². The average molecular weight is 435 g/mol. The van der Waals surface area contributed by atoms with Crippen LogP contribution in [-0.4, -0.2) is 71.6 Å². The molecule has 1 aromatic heterocycles. The predicted octanol–water partition coefficient (Wildman–Crippen LogP) is 2.32. The maximum absolute atomic E-state index is 12.8. The summed E-state index contributed by atoms with van der Waals surface area (Å²) in [5, 5.41) is 0. The van der Waals surface area contributed by atoms with Crippen LogP contribution >= 0.6 is 11.3 Å². The Morgan fingerprint density at radius 1 is 1.07 bits per heavy atom. The fourth-order valence-electron chi connectivity index (χ4n) is 4.20. The molecule has 4 rings (SSSR count). The first-order valence-electron chi connectivity index (χ1n) is 10.2. The summed E-state index contributed by atoms with van der Waals surface area (Å²) < 4.78 is 28.9. The second kappa shape index (κ2) is 8.35. The maximum atomic E-state index is 12.8. The van der Waals surface area contributed by atoms with Crippen LogP contribution in [0.25, 0.3) is 0 Å². The highest BCUT2D eigenvalue weighted by molar-refractivity contribution is 7.91. The van der Waals surface area contributed by atoms with Crippen molar-refractivity contribution < 1.29 is 8.42 Å². The van der Waals surface area contributed by atoms with E-state index in [1.165, 1.54) is 28.2 Å². The number of anilines is 1. The molecule has 0 saturated carbocycles. The van der Waals surface area contributed by atoms with Gasteiger partial charge in [-0.1, -0.05) is 12.1 Å². The third-order valence-electron chi connectivity index (χ3n) is 6.04. The third-order valence-corrected chi connectivity index (χ3v) is 8.96. The molecule has 0 spiro atoms. The number of rotatable bonds is 6. The highest BCUT2D eigenvalue weighted by Crippen LogP contribution is 2.32. The Morgan fingerprint density at radius 3 is 2.52 bits per heavy atom. The molecule has 2 aliphatic heterocycles. The van der Waals surface area contributed by atoms with Gasteiger partial charge in [-0.15, -0.1) is 11.3 Å². The first-order chi connectivity index (χ1) is 13.8. The van der Waals surface area contributed by atoms with Crippen molar-refractivity contribution >= 4 is 27.0 Å². The molecule has 1 atom stereocenters. The minimum atomic E-state index is -3.49. The van der Waals surface area contributed by atoms with E-state index in [9.17, 15) is 8.42 Å². The number of aryl methyl sites for hydroxylation is 1. The van der Waals surface area contributed by atoms with Gasteiger partial charge in [0.25, 0.3) is 0 Å². The van der Waals surface area contributed by atoms with Gasteiger partial charge in [-0.3, -0.25) is 4.90 Å². The highest BCUT2D eigenvalue weighted by atomic mass is 32.2. The second-order valence-electron chi connectivity index (χ2n) is 8.13. The lowest BCUT2D eigenvalue weighted by Crippen LogP contribution is -2.48. The van der Waals surface area contributed by atoms with Gasteiger partial charge in [0, 0.05) is 62.9 Å². The van der Waals surface area contributed by atoms with Gasteiger partial charge in [-0.25, -0.2) is 13.1 Å². The van der Waals surface area contributed by atoms with E-state index >= 15 is 0 Å². The van der Waals surface area contributed by atoms with Crippen LogP contribution in [0.4, 0.5) is 5.69 Å². The van der Waals surface area contributed by atoms with Gasteiger partial charge in [0.1, 0.15) is 4.21 Å². The first kappa shape index (κ1) is 20.8. The molecule has 0 radical (unpaired) electrons. The molecular formula is C21H30N4O2S2. The Bertz CT molecular complexity index is 965. The summed E-state index contributed by atoms with van der Waals surface area (Å²) in [6.07, 6.45) is 1.05. The summed E-state index contributed by atoms with van der Waals surface area (Å²) in [7, 11) is 0.775. The first-order valence-corrected chi connectivity index (χ1v) is 12.5. The Hall–Kier alpha value is -1.45. The van der Waals surface area contributed by atoms with Crippen LogP contribution in [-0.2, 0) is 16.4 Å². The molecule has 0 bridgehead atoms. The molecule has 2 aromatic rings. The standard InChI is InChI=1S/C21H30N4O2S2/c1-16-4-7-21(28-16)29(26,27)22-15-20(25-12-10-23(2)11-13-25)17-5-6-19-18(14-17)8-9-24(19)3/h4-7,14,20,22H,8-13,15H2,1-3H3. The lowest BCUT2D eigenvalue weighted by Gasteiger charge is -2.38. The fraction of sp³-hybridized carbons (Fsp3) is 0.524. The van der Waals surface area contributed by atoms with Crippen LogP contribution in [0.3, 0.4) is 0 Å². The molecule has 6 nitrogen and oxygen atoms in total.